The number of aromatic nitrogens is 1. The van der Waals surface area contributed by atoms with Gasteiger partial charge in [-0.05, 0) is 35.9 Å². The second-order valence-electron chi connectivity index (χ2n) is 7.41. The Bertz CT molecular complexity index is 1340. The maximum Gasteiger partial charge on any atom is 0.265 e. The number of nitrogens with one attached hydrogen (secondary N) is 1. The van der Waals surface area contributed by atoms with Crippen LogP contribution in [-0.2, 0) is 11.3 Å². The van der Waals surface area contributed by atoms with Crippen molar-refractivity contribution in [2.45, 2.75) is 6.54 Å². The molecule has 164 valence electrons. The predicted molar refractivity (Wildman–Crippen MR) is 130 cm³/mol. The van der Waals surface area contributed by atoms with Crippen LogP contribution in [0.4, 0.5) is 10.8 Å². The average molecular weight is 476 g/mol. The molecule has 0 spiro atoms. The van der Waals surface area contributed by atoms with Crippen LogP contribution in [0, 0.1) is 0 Å². The van der Waals surface area contributed by atoms with Crippen LogP contribution in [0.1, 0.15) is 15.9 Å². The molecule has 1 aromatic heterocycles. The molecule has 0 radical (unpaired) electrons. The molecule has 0 saturated heterocycles. The Hall–Kier alpha value is -3.68. The second-order valence-corrected chi connectivity index (χ2v) is 8.67. The highest BCUT2D eigenvalue weighted by Crippen LogP contribution is 2.37. The monoisotopic (exact) mass is 475 g/mol. The highest BCUT2D eigenvalue weighted by Gasteiger charge is 2.26. The van der Waals surface area contributed by atoms with E-state index in [1.165, 1.54) is 11.3 Å². The largest absolute Gasteiger partial charge is 0.482 e. The molecule has 5 rings (SSSR count). The Morgan fingerprint density at radius 2 is 1.88 bits per heavy atom. The van der Waals surface area contributed by atoms with E-state index < -0.39 is 0 Å². The van der Waals surface area contributed by atoms with Crippen molar-refractivity contribution in [3.05, 3.63) is 94.3 Å². The summed E-state index contributed by atoms with van der Waals surface area (Å²) in [7, 11) is 0. The van der Waals surface area contributed by atoms with E-state index in [1.807, 2.05) is 53.9 Å². The fourth-order valence-corrected chi connectivity index (χ4v) is 4.51. The second kappa shape index (κ2) is 9.05. The number of carbonyl (C=O) groups excluding carboxylic acids is 2. The van der Waals surface area contributed by atoms with Gasteiger partial charge in [-0.2, -0.15) is 0 Å². The van der Waals surface area contributed by atoms with Gasteiger partial charge in [0.15, 0.2) is 11.7 Å². The molecule has 0 atom stereocenters. The van der Waals surface area contributed by atoms with Gasteiger partial charge in [0.1, 0.15) is 5.75 Å². The summed E-state index contributed by atoms with van der Waals surface area (Å²) in [5, 5.41) is 5.49. The number of hydrogen-bond donors (Lipinski definition) is 1. The van der Waals surface area contributed by atoms with E-state index in [0.29, 0.717) is 39.4 Å². The standard InChI is InChI=1S/C25H18ClN3O3S/c26-19-9-5-4-8-18(19)24(31)28-25-27-20(15-33-25)17-10-11-22-21(12-17)29(23(30)14-32-22)13-16-6-2-1-3-7-16/h1-12,15H,13-14H2,(H,27,28,31). The summed E-state index contributed by atoms with van der Waals surface area (Å²) in [6.45, 7) is 0.462. The Balaban J connectivity index is 1.40. The van der Waals surface area contributed by atoms with Crippen molar-refractivity contribution in [3.63, 3.8) is 0 Å². The van der Waals surface area contributed by atoms with Crippen molar-refractivity contribution in [1.29, 1.82) is 0 Å². The van der Waals surface area contributed by atoms with E-state index in [2.05, 4.69) is 10.3 Å². The zero-order valence-electron chi connectivity index (χ0n) is 17.3. The van der Waals surface area contributed by atoms with Crippen LogP contribution >= 0.6 is 22.9 Å². The third kappa shape index (κ3) is 4.46. The van der Waals surface area contributed by atoms with Gasteiger partial charge in [-0.25, -0.2) is 4.98 Å². The maximum atomic E-state index is 12.6. The van der Waals surface area contributed by atoms with Gasteiger partial charge in [-0.15, -0.1) is 11.3 Å². The number of ether oxygens (including phenoxy) is 1. The van der Waals surface area contributed by atoms with E-state index >= 15 is 0 Å². The van der Waals surface area contributed by atoms with Crippen LogP contribution in [0.25, 0.3) is 11.3 Å². The molecule has 0 aliphatic carbocycles. The van der Waals surface area contributed by atoms with Crippen molar-refractivity contribution in [2.75, 3.05) is 16.8 Å². The topological polar surface area (TPSA) is 71.5 Å². The Morgan fingerprint density at radius 1 is 1.09 bits per heavy atom. The summed E-state index contributed by atoms with van der Waals surface area (Å²) in [5.74, 6) is 0.228. The minimum absolute atomic E-state index is 0.00804. The van der Waals surface area contributed by atoms with E-state index in [1.54, 1.807) is 29.2 Å². The van der Waals surface area contributed by atoms with Gasteiger partial charge in [0.2, 0.25) is 0 Å². The van der Waals surface area contributed by atoms with Crippen molar-refractivity contribution >= 4 is 45.6 Å². The van der Waals surface area contributed by atoms with Gasteiger partial charge in [0, 0.05) is 10.9 Å². The molecular weight excluding hydrogens is 458 g/mol. The predicted octanol–water partition coefficient (Wildman–Crippen LogP) is 5.64. The molecule has 6 nitrogen and oxygen atoms in total. The van der Waals surface area contributed by atoms with Gasteiger partial charge in [-0.3, -0.25) is 14.9 Å². The molecule has 8 heteroatoms. The fraction of sp³-hybridized carbons (Fsp3) is 0.0800. The van der Waals surface area contributed by atoms with Gasteiger partial charge in [0.25, 0.3) is 11.8 Å². The molecule has 0 unspecified atom stereocenters. The van der Waals surface area contributed by atoms with Gasteiger partial charge < -0.3 is 9.64 Å². The lowest BCUT2D eigenvalue weighted by atomic mass is 10.1. The summed E-state index contributed by atoms with van der Waals surface area (Å²) in [5.41, 5.74) is 3.62. The first kappa shape index (κ1) is 21.2. The molecular formula is C25H18ClN3O3S. The summed E-state index contributed by atoms with van der Waals surface area (Å²) >= 11 is 7.43. The molecule has 2 heterocycles. The molecule has 0 saturated carbocycles. The minimum Gasteiger partial charge on any atom is -0.482 e. The molecule has 4 aromatic rings. The van der Waals surface area contributed by atoms with Crippen LogP contribution < -0.4 is 15.0 Å². The molecule has 3 aromatic carbocycles. The van der Waals surface area contributed by atoms with Crippen LogP contribution in [0.3, 0.4) is 0 Å². The van der Waals surface area contributed by atoms with E-state index in [9.17, 15) is 9.59 Å². The van der Waals surface area contributed by atoms with Crippen molar-refractivity contribution < 1.29 is 14.3 Å². The van der Waals surface area contributed by atoms with Crippen LogP contribution in [-0.4, -0.2) is 23.4 Å². The lowest BCUT2D eigenvalue weighted by Gasteiger charge is -2.29. The van der Waals surface area contributed by atoms with Gasteiger partial charge in [-0.1, -0.05) is 54.1 Å². The average Bonchev–Trinajstić information content (AvgIpc) is 3.30. The van der Waals surface area contributed by atoms with Crippen LogP contribution in [0.2, 0.25) is 5.02 Å². The third-order valence-electron chi connectivity index (χ3n) is 5.22. The van der Waals surface area contributed by atoms with Crippen LogP contribution in [0.15, 0.2) is 78.2 Å². The number of hydrogen-bond acceptors (Lipinski definition) is 5. The third-order valence-corrected chi connectivity index (χ3v) is 6.31. The van der Waals surface area contributed by atoms with E-state index in [4.69, 9.17) is 16.3 Å². The van der Waals surface area contributed by atoms with Gasteiger partial charge >= 0.3 is 0 Å². The summed E-state index contributed by atoms with van der Waals surface area (Å²) in [6.07, 6.45) is 0. The highest BCUT2D eigenvalue weighted by atomic mass is 35.5. The molecule has 1 N–H and O–H groups in total. The first-order chi connectivity index (χ1) is 16.1. The number of anilines is 2. The molecule has 2 amide bonds. The normalized spacial score (nSPS) is 12.8. The zero-order chi connectivity index (χ0) is 22.8. The number of nitrogens with zero attached hydrogens (tertiary/aromatic N) is 2. The number of benzene rings is 3. The van der Waals surface area contributed by atoms with Crippen molar-refractivity contribution in [3.8, 4) is 17.0 Å². The van der Waals surface area contributed by atoms with Crippen molar-refractivity contribution in [1.82, 2.24) is 4.98 Å². The molecule has 0 bridgehead atoms. The summed E-state index contributed by atoms with van der Waals surface area (Å²) in [6, 6.07) is 22.3. The SMILES string of the molecule is O=C(Nc1nc(-c2ccc3c(c2)N(Cc2ccccc2)C(=O)CO3)cs1)c1ccccc1Cl. The molecule has 1 aliphatic rings. The molecule has 1 aliphatic heterocycles. The summed E-state index contributed by atoms with van der Waals surface area (Å²) in [4.78, 5) is 31.4. The van der Waals surface area contributed by atoms with Gasteiger partial charge in [0.05, 0.1) is 28.5 Å². The first-order valence-corrected chi connectivity index (χ1v) is 11.5. The number of thiazole rings is 1. The lowest BCUT2D eigenvalue weighted by Crippen LogP contribution is -2.38. The van der Waals surface area contributed by atoms with Crippen LogP contribution in [0.5, 0.6) is 5.75 Å². The Kier molecular flexibility index (Phi) is 5.81. The highest BCUT2D eigenvalue weighted by molar-refractivity contribution is 7.14. The summed E-state index contributed by atoms with van der Waals surface area (Å²) < 4.78 is 5.63. The van der Waals surface area contributed by atoms with E-state index in [0.717, 1.165) is 11.1 Å². The Morgan fingerprint density at radius 3 is 2.70 bits per heavy atom. The molecule has 33 heavy (non-hydrogen) atoms. The van der Waals surface area contributed by atoms with E-state index in [-0.39, 0.29) is 18.4 Å². The number of rotatable bonds is 5. The van der Waals surface area contributed by atoms with Crippen molar-refractivity contribution in [2.24, 2.45) is 0 Å². The number of halogens is 1. The number of fused-ring (bicyclic) bond motifs is 1. The minimum atomic E-state index is -0.319. The lowest BCUT2D eigenvalue weighted by molar-refractivity contribution is -0.121. The number of carbonyl (C=O) groups is 2. The zero-order valence-corrected chi connectivity index (χ0v) is 18.9. The maximum absolute atomic E-state index is 12.6. The smallest absolute Gasteiger partial charge is 0.265 e. The fourth-order valence-electron chi connectivity index (χ4n) is 3.57. The first-order valence-electron chi connectivity index (χ1n) is 10.2. The quantitative estimate of drug-likeness (QED) is 0.405. The Labute approximate surface area is 199 Å². The number of amides is 2. The molecule has 0 fully saturated rings.